The summed E-state index contributed by atoms with van der Waals surface area (Å²) in [6.07, 6.45) is 0.664. The van der Waals surface area contributed by atoms with Gasteiger partial charge in [-0.15, -0.1) is 11.3 Å². The minimum Gasteiger partial charge on any atom is -0.459 e. The normalized spacial score (nSPS) is 13.0. The third-order valence-electron chi connectivity index (χ3n) is 3.49. The fourth-order valence-corrected chi connectivity index (χ4v) is 3.57. The molecule has 0 amide bonds. The van der Waals surface area contributed by atoms with E-state index < -0.39 is 0 Å². The van der Waals surface area contributed by atoms with Crippen LogP contribution in [-0.2, 0) is 6.42 Å². The van der Waals surface area contributed by atoms with Gasteiger partial charge in [0.2, 0.25) is 0 Å². The molecule has 1 unspecified atom stereocenters. The van der Waals surface area contributed by atoms with E-state index in [1.54, 1.807) is 6.07 Å². The Morgan fingerprint density at radius 3 is 2.86 bits per heavy atom. The van der Waals surface area contributed by atoms with Crippen molar-refractivity contribution in [2.75, 3.05) is 0 Å². The smallest absolute Gasteiger partial charge is 0.134 e. The van der Waals surface area contributed by atoms with Crippen LogP contribution in [0.25, 0.3) is 11.0 Å². The van der Waals surface area contributed by atoms with Crippen molar-refractivity contribution in [1.29, 1.82) is 0 Å². The predicted octanol–water partition coefficient (Wildman–Crippen LogP) is 4.34. The Bertz CT molecular complexity index is 783. The maximum atomic E-state index is 13.4. The lowest BCUT2D eigenvalue weighted by atomic mass is 10.1. The van der Waals surface area contributed by atoms with Gasteiger partial charge in [0.05, 0.1) is 10.4 Å². The SMILES string of the molecule is Cc1c(C(Cc2ccc(Cl)s2)NN)oc2ccc(F)cc12. The van der Waals surface area contributed by atoms with Crippen LogP contribution in [0.4, 0.5) is 4.39 Å². The van der Waals surface area contributed by atoms with Crippen molar-refractivity contribution in [2.24, 2.45) is 5.84 Å². The molecule has 6 heteroatoms. The zero-order chi connectivity index (χ0) is 15.0. The van der Waals surface area contributed by atoms with Crippen LogP contribution in [0.15, 0.2) is 34.7 Å². The number of hydrogen-bond acceptors (Lipinski definition) is 4. The van der Waals surface area contributed by atoms with Crippen molar-refractivity contribution in [3.05, 3.63) is 56.7 Å². The standard InChI is InChI=1S/C15H14ClFN2OS/c1-8-11-6-9(17)2-4-13(11)20-15(8)12(19-18)7-10-3-5-14(16)21-10/h2-6,12,19H,7,18H2,1H3. The number of furan rings is 1. The first-order chi connectivity index (χ1) is 10.1. The van der Waals surface area contributed by atoms with Gasteiger partial charge in [-0.25, -0.2) is 9.82 Å². The number of hydrogen-bond donors (Lipinski definition) is 2. The van der Waals surface area contributed by atoms with Gasteiger partial charge in [0.25, 0.3) is 0 Å². The number of nitrogens with one attached hydrogen (secondary N) is 1. The Labute approximate surface area is 130 Å². The summed E-state index contributed by atoms with van der Waals surface area (Å²) in [6, 6.07) is 8.14. The number of fused-ring (bicyclic) bond motifs is 1. The summed E-state index contributed by atoms with van der Waals surface area (Å²) < 4.78 is 20.0. The van der Waals surface area contributed by atoms with Crippen molar-refractivity contribution in [1.82, 2.24) is 5.43 Å². The second-order valence-corrected chi connectivity index (χ2v) is 6.66. The zero-order valence-electron chi connectivity index (χ0n) is 11.3. The second kappa shape index (κ2) is 5.77. The van der Waals surface area contributed by atoms with Crippen molar-refractivity contribution in [3.63, 3.8) is 0 Å². The Hall–Kier alpha value is -1.40. The Morgan fingerprint density at radius 1 is 1.38 bits per heavy atom. The highest BCUT2D eigenvalue weighted by Gasteiger charge is 2.20. The van der Waals surface area contributed by atoms with Gasteiger partial charge < -0.3 is 4.42 Å². The fraction of sp³-hybridized carbons (Fsp3) is 0.200. The minimum absolute atomic E-state index is 0.185. The Kier molecular flexibility index (Phi) is 3.99. The molecule has 3 aromatic rings. The molecular formula is C15H14ClFN2OS. The Balaban J connectivity index is 1.98. The third-order valence-corrected chi connectivity index (χ3v) is 4.74. The number of aryl methyl sites for hydroxylation is 1. The highest BCUT2D eigenvalue weighted by molar-refractivity contribution is 7.16. The molecule has 0 bridgehead atoms. The van der Waals surface area contributed by atoms with Crippen molar-refractivity contribution < 1.29 is 8.81 Å². The molecule has 2 aromatic heterocycles. The quantitative estimate of drug-likeness (QED) is 0.554. The minimum atomic E-state index is -0.278. The molecule has 1 atom stereocenters. The molecule has 2 heterocycles. The second-order valence-electron chi connectivity index (χ2n) is 4.86. The highest BCUT2D eigenvalue weighted by Crippen LogP contribution is 2.33. The first kappa shape index (κ1) is 14.5. The molecule has 0 aliphatic heterocycles. The first-order valence-electron chi connectivity index (χ1n) is 6.47. The molecule has 3 nitrogen and oxygen atoms in total. The summed E-state index contributed by atoms with van der Waals surface area (Å²) >= 11 is 7.46. The monoisotopic (exact) mass is 324 g/mol. The maximum Gasteiger partial charge on any atom is 0.134 e. The molecule has 0 aliphatic carbocycles. The predicted molar refractivity (Wildman–Crippen MR) is 84.0 cm³/mol. The van der Waals surface area contributed by atoms with Crippen molar-refractivity contribution in [2.45, 2.75) is 19.4 Å². The van der Waals surface area contributed by atoms with Crippen LogP contribution >= 0.6 is 22.9 Å². The van der Waals surface area contributed by atoms with Crippen molar-refractivity contribution in [3.8, 4) is 0 Å². The number of rotatable bonds is 4. The fourth-order valence-electron chi connectivity index (χ4n) is 2.43. The molecule has 110 valence electrons. The first-order valence-corrected chi connectivity index (χ1v) is 7.67. The van der Waals surface area contributed by atoms with E-state index in [-0.39, 0.29) is 11.9 Å². The molecule has 0 fully saturated rings. The molecular weight excluding hydrogens is 311 g/mol. The van der Waals surface area contributed by atoms with E-state index in [1.807, 2.05) is 19.1 Å². The summed E-state index contributed by atoms with van der Waals surface area (Å²) in [4.78, 5) is 1.11. The van der Waals surface area contributed by atoms with E-state index >= 15 is 0 Å². The van der Waals surface area contributed by atoms with Crippen LogP contribution in [0.2, 0.25) is 4.34 Å². The van der Waals surface area contributed by atoms with Gasteiger partial charge in [0, 0.05) is 22.2 Å². The van der Waals surface area contributed by atoms with E-state index in [9.17, 15) is 4.39 Å². The van der Waals surface area contributed by atoms with E-state index in [4.69, 9.17) is 21.9 Å². The van der Waals surface area contributed by atoms with Gasteiger partial charge in [-0.05, 0) is 37.3 Å². The molecule has 0 spiro atoms. The van der Waals surface area contributed by atoms with Crippen LogP contribution in [0.3, 0.4) is 0 Å². The molecule has 0 saturated heterocycles. The average molecular weight is 325 g/mol. The Morgan fingerprint density at radius 2 is 2.19 bits per heavy atom. The summed E-state index contributed by atoms with van der Waals surface area (Å²) in [5.74, 6) is 6.11. The van der Waals surface area contributed by atoms with Gasteiger partial charge in [-0.3, -0.25) is 5.84 Å². The number of thiophene rings is 1. The molecule has 0 radical (unpaired) electrons. The van der Waals surface area contributed by atoms with E-state index in [0.29, 0.717) is 12.0 Å². The lowest BCUT2D eigenvalue weighted by Gasteiger charge is -2.13. The number of hydrazine groups is 1. The lowest BCUT2D eigenvalue weighted by Crippen LogP contribution is -2.29. The van der Waals surface area contributed by atoms with Gasteiger partial charge in [-0.2, -0.15) is 0 Å². The molecule has 3 N–H and O–H groups in total. The number of halogens is 2. The number of nitrogens with two attached hydrogens (primary N) is 1. The molecule has 0 saturated carbocycles. The topological polar surface area (TPSA) is 51.2 Å². The summed E-state index contributed by atoms with van der Waals surface area (Å²) in [7, 11) is 0. The van der Waals surface area contributed by atoms with Crippen LogP contribution in [-0.4, -0.2) is 0 Å². The van der Waals surface area contributed by atoms with Gasteiger partial charge >= 0.3 is 0 Å². The zero-order valence-corrected chi connectivity index (χ0v) is 12.9. The van der Waals surface area contributed by atoms with Gasteiger partial charge in [0.1, 0.15) is 17.2 Å². The number of benzene rings is 1. The van der Waals surface area contributed by atoms with Crippen LogP contribution in [0, 0.1) is 12.7 Å². The molecule has 1 aromatic carbocycles. The van der Waals surface area contributed by atoms with E-state index in [2.05, 4.69) is 5.43 Å². The van der Waals surface area contributed by atoms with E-state index in [1.165, 1.54) is 23.5 Å². The van der Waals surface area contributed by atoms with Gasteiger partial charge in [0.15, 0.2) is 0 Å². The van der Waals surface area contributed by atoms with Crippen molar-refractivity contribution >= 4 is 33.9 Å². The summed E-state index contributed by atoms with van der Waals surface area (Å²) in [5, 5.41) is 0.773. The largest absolute Gasteiger partial charge is 0.459 e. The van der Waals surface area contributed by atoms with Crippen LogP contribution < -0.4 is 11.3 Å². The lowest BCUT2D eigenvalue weighted by molar-refractivity contribution is 0.433. The average Bonchev–Trinajstić information content (AvgIpc) is 3.01. The third kappa shape index (κ3) is 2.82. The molecule has 0 aliphatic rings. The maximum absolute atomic E-state index is 13.4. The summed E-state index contributed by atoms with van der Waals surface area (Å²) in [6.45, 7) is 1.91. The van der Waals surface area contributed by atoms with E-state index in [0.717, 1.165) is 25.9 Å². The highest BCUT2D eigenvalue weighted by atomic mass is 35.5. The summed E-state index contributed by atoms with van der Waals surface area (Å²) in [5.41, 5.74) is 4.33. The molecule has 3 rings (SSSR count). The van der Waals surface area contributed by atoms with Gasteiger partial charge in [-0.1, -0.05) is 11.6 Å². The molecule has 21 heavy (non-hydrogen) atoms. The van der Waals surface area contributed by atoms with Crippen LogP contribution in [0.5, 0.6) is 0 Å². The van der Waals surface area contributed by atoms with Crippen LogP contribution in [0.1, 0.15) is 22.2 Å².